The zero-order chi connectivity index (χ0) is 16.2. The van der Waals surface area contributed by atoms with Gasteiger partial charge in [-0.3, -0.25) is 4.79 Å². The van der Waals surface area contributed by atoms with E-state index in [0.717, 1.165) is 58.3 Å². The molecule has 1 amide bonds. The Morgan fingerprint density at radius 2 is 1.95 bits per heavy atom. The average molecular weight is 310 g/mol. The molecule has 128 valence electrons. The number of nitrogens with zero attached hydrogens (tertiary/aromatic N) is 2. The molecular formula is C17H34N4O. The van der Waals surface area contributed by atoms with E-state index in [1.807, 2.05) is 11.9 Å². The van der Waals surface area contributed by atoms with E-state index in [1.165, 1.54) is 0 Å². The van der Waals surface area contributed by atoms with Gasteiger partial charge in [0.2, 0.25) is 5.91 Å². The minimum absolute atomic E-state index is 0.309. The summed E-state index contributed by atoms with van der Waals surface area (Å²) in [6.07, 6.45) is 5.04. The standard InChI is InChI=1S/C17H34N4O/c1-5-14(2)19-17(8-10-18-11-9-17)16(22)21(4)15-6-12-20(3)13-7-15/h14-15,18-19H,5-13H2,1-4H3. The van der Waals surface area contributed by atoms with Crippen molar-refractivity contribution in [2.45, 2.75) is 63.6 Å². The van der Waals surface area contributed by atoms with Crippen LogP contribution in [0.15, 0.2) is 0 Å². The van der Waals surface area contributed by atoms with Crippen molar-refractivity contribution >= 4 is 5.91 Å². The number of rotatable bonds is 5. The van der Waals surface area contributed by atoms with Crippen LogP contribution in [0.4, 0.5) is 0 Å². The molecule has 2 N–H and O–H groups in total. The van der Waals surface area contributed by atoms with Crippen LogP contribution in [0.25, 0.3) is 0 Å². The maximum atomic E-state index is 13.3. The molecule has 1 atom stereocenters. The van der Waals surface area contributed by atoms with E-state index in [0.29, 0.717) is 18.0 Å². The smallest absolute Gasteiger partial charge is 0.242 e. The van der Waals surface area contributed by atoms with Crippen molar-refractivity contribution in [3.8, 4) is 0 Å². The topological polar surface area (TPSA) is 47.6 Å². The lowest BCUT2D eigenvalue weighted by atomic mass is 9.85. The highest BCUT2D eigenvalue weighted by atomic mass is 16.2. The number of nitrogens with one attached hydrogen (secondary N) is 2. The highest BCUT2D eigenvalue weighted by Gasteiger charge is 2.43. The first kappa shape index (κ1) is 17.7. The Labute approximate surface area is 135 Å². The van der Waals surface area contributed by atoms with E-state index in [4.69, 9.17) is 0 Å². The molecule has 0 aromatic heterocycles. The lowest BCUT2D eigenvalue weighted by molar-refractivity contribution is -0.141. The van der Waals surface area contributed by atoms with Gasteiger partial charge in [-0.05, 0) is 72.3 Å². The SMILES string of the molecule is CCC(C)NC1(C(=O)N(C)C2CCN(C)CC2)CCNCC1. The molecule has 2 rings (SSSR count). The van der Waals surface area contributed by atoms with Gasteiger partial charge in [-0.1, -0.05) is 6.92 Å². The van der Waals surface area contributed by atoms with Gasteiger partial charge in [0.05, 0.1) is 0 Å². The van der Waals surface area contributed by atoms with Crippen molar-refractivity contribution in [2.75, 3.05) is 40.3 Å². The average Bonchev–Trinajstić information content (AvgIpc) is 2.55. The monoisotopic (exact) mass is 310 g/mol. The molecule has 0 radical (unpaired) electrons. The quantitative estimate of drug-likeness (QED) is 0.797. The third-order valence-electron chi connectivity index (χ3n) is 5.56. The Bertz CT molecular complexity index is 360. The zero-order valence-electron chi connectivity index (χ0n) is 14.8. The van der Waals surface area contributed by atoms with Crippen molar-refractivity contribution in [1.82, 2.24) is 20.4 Å². The molecule has 0 bridgehead atoms. The van der Waals surface area contributed by atoms with Crippen molar-refractivity contribution in [3.05, 3.63) is 0 Å². The maximum Gasteiger partial charge on any atom is 0.242 e. The molecule has 2 aliphatic rings. The molecule has 0 aliphatic carbocycles. The number of likely N-dealkylation sites (N-methyl/N-ethyl adjacent to an activating group) is 1. The molecule has 0 saturated carbocycles. The van der Waals surface area contributed by atoms with E-state index in [1.54, 1.807) is 0 Å². The van der Waals surface area contributed by atoms with E-state index >= 15 is 0 Å². The zero-order valence-corrected chi connectivity index (χ0v) is 14.8. The lowest BCUT2D eigenvalue weighted by Crippen LogP contribution is -2.65. The predicted octanol–water partition coefficient (Wildman–Crippen LogP) is 1.05. The van der Waals surface area contributed by atoms with Crippen molar-refractivity contribution in [1.29, 1.82) is 0 Å². The Morgan fingerprint density at radius 3 is 2.50 bits per heavy atom. The van der Waals surface area contributed by atoms with Crippen molar-refractivity contribution in [3.63, 3.8) is 0 Å². The highest BCUT2D eigenvalue weighted by molar-refractivity contribution is 5.86. The van der Waals surface area contributed by atoms with Gasteiger partial charge in [0.15, 0.2) is 0 Å². The van der Waals surface area contributed by atoms with Gasteiger partial charge < -0.3 is 20.4 Å². The second-order valence-electron chi connectivity index (χ2n) is 7.24. The number of hydrogen-bond donors (Lipinski definition) is 2. The molecule has 5 nitrogen and oxygen atoms in total. The summed E-state index contributed by atoms with van der Waals surface area (Å²) in [5.74, 6) is 0.309. The number of likely N-dealkylation sites (tertiary alicyclic amines) is 1. The molecule has 1 unspecified atom stereocenters. The van der Waals surface area contributed by atoms with Gasteiger partial charge in [-0.2, -0.15) is 0 Å². The van der Waals surface area contributed by atoms with E-state index in [9.17, 15) is 4.79 Å². The Morgan fingerprint density at radius 1 is 1.36 bits per heavy atom. The van der Waals surface area contributed by atoms with Gasteiger partial charge in [-0.25, -0.2) is 0 Å². The second-order valence-corrected chi connectivity index (χ2v) is 7.24. The Balaban J connectivity index is 2.07. The largest absolute Gasteiger partial charge is 0.341 e. The summed E-state index contributed by atoms with van der Waals surface area (Å²) in [6, 6.07) is 0.780. The molecule has 2 fully saturated rings. The maximum absolute atomic E-state index is 13.3. The minimum Gasteiger partial charge on any atom is -0.341 e. The van der Waals surface area contributed by atoms with E-state index in [2.05, 4.69) is 36.4 Å². The fourth-order valence-electron chi connectivity index (χ4n) is 3.73. The van der Waals surface area contributed by atoms with Gasteiger partial charge in [0.25, 0.3) is 0 Å². The van der Waals surface area contributed by atoms with Crippen LogP contribution in [0.2, 0.25) is 0 Å². The van der Waals surface area contributed by atoms with Crippen LogP contribution in [0.3, 0.4) is 0 Å². The van der Waals surface area contributed by atoms with Crippen LogP contribution in [-0.2, 0) is 4.79 Å². The van der Waals surface area contributed by atoms with Crippen LogP contribution in [0.5, 0.6) is 0 Å². The van der Waals surface area contributed by atoms with Crippen LogP contribution in [0, 0.1) is 0 Å². The molecule has 2 heterocycles. The first-order valence-corrected chi connectivity index (χ1v) is 8.92. The summed E-state index contributed by atoms with van der Waals surface area (Å²) >= 11 is 0. The second kappa shape index (κ2) is 7.75. The summed E-state index contributed by atoms with van der Waals surface area (Å²) in [4.78, 5) is 17.7. The van der Waals surface area contributed by atoms with Crippen molar-refractivity contribution < 1.29 is 4.79 Å². The van der Waals surface area contributed by atoms with Crippen LogP contribution >= 0.6 is 0 Å². The molecule has 5 heteroatoms. The summed E-state index contributed by atoms with van der Waals surface area (Å²) < 4.78 is 0. The first-order valence-electron chi connectivity index (χ1n) is 8.92. The fourth-order valence-corrected chi connectivity index (χ4v) is 3.73. The van der Waals surface area contributed by atoms with Gasteiger partial charge in [-0.15, -0.1) is 0 Å². The Kier molecular flexibility index (Phi) is 6.24. The number of hydrogen-bond acceptors (Lipinski definition) is 4. The molecule has 0 aromatic carbocycles. The van der Waals surface area contributed by atoms with Gasteiger partial charge >= 0.3 is 0 Å². The van der Waals surface area contributed by atoms with E-state index in [-0.39, 0.29) is 5.54 Å². The van der Waals surface area contributed by atoms with Gasteiger partial charge in [0, 0.05) is 19.1 Å². The third kappa shape index (κ3) is 4.00. The lowest BCUT2D eigenvalue weighted by Gasteiger charge is -2.44. The van der Waals surface area contributed by atoms with Crippen molar-refractivity contribution in [2.24, 2.45) is 0 Å². The number of amides is 1. The van der Waals surface area contributed by atoms with E-state index < -0.39 is 0 Å². The Hall–Kier alpha value is -0.650. The summed E-state index contributed by atoms with van der Waals surface area (Å²) in [6.45, 7) is 8.41. The predicted molar refractivity (Wildman–Crippen MR) is 91.0 cm³/mol. The fraction of sp³-hybridized carbons (Fsp3) is 0.941. The first-order chi connectivity index (χ1) is 10.5. The third-order valence-corrected chi connectivity index (χ3v) is 5.56. The minimum atomic E-state index is -0.362. The van der Waals surface area contributed by atoms with Crippen LogP contribution in [0.1, 0.15) is 46.0 Å². The molecule has 2 saturated heterocycles. The summed E-state index contributed by atoms with van der Waals surface area (Å²) in [7, 11) is 4.18. The summed E-state index contributed by atoms with van der Waals surface area (Å²) in [5.41, 5.74) is -0.362. The van der Waals surface area contributed by atoms with Crippen LogP contribution in [-0.4, -0.2) is 73.6 Å². The molecule has 0 aromatic rings. The number of carbonyl (C=O) groups is 1. The molecule has 2 aliphatic heterocycles. The molecule has 0 spiro atoms. The number of piperidine rings is 2. The molecular weight excluding hydrogens is 276 g/mol. The van der Waals surface area contributed by atoms with Gasteiger partial charge in [0.1, 0.15) is 5.54 Å². The molecule has 22 heavy (non-hydrogen) atoms. The number of carbonyl (C=O) groups excluding carboxylic acids is 1. The highest BCUT2D eigenvalue weighted by Crippen LogP contribution is 2.25. The summed E-state index contributed by atoms with van der Waals surface area (Å²) in [5, 5.41) is 7.06. The normalized spacial score (nSPS) is 24.9. The van der Waals surface area contributed by atoms with Crippen LogP contribution < -0.4 is 10.6 Å².